The van der Waals surface area contributed by atoms with Gasteiger partial charge in [-0.3, -0.25) is 19.1 Å². The summed E-state index contributed by atoms with van der Waals surface area (Å²) in [5.41, 5.74) is 2.59. The van der Waals surface area contributed by atoms with Crippen molar-refractivity contribution < 1.29 is 19.5 Å². The number of rotatable bonds is 5. The molecule has 182 valence electrons. The largest absolute Gasteiger partial charge is 0.508 e. The van der Waals surface area contributed by atoms with Crippen molar-refractivity contribution in [3.63, 3.8) is 0 Å². The van der Waals surface area contributed by atoms with E-state index < -0.39 is 5.91 Å². The first-order chi connectivity index (χ1) is 17.9. The van der Waals surface area contributed by atoms with Gasteiger partial charge in [-0.15, -0.1) is 0 Å². The van der Waals surface area contributed by atoms with Crippen molar-refractivity contribution in [1.82, 2.24) is 9.78 Å². The Bertz CT molecular complexity index is 1570. The number of hydrogen-bond donors (Lipinski definition) is 2. The number of phenols is 1. The number of nitriles is 1. The fraction of sp³-hybridized carbons (Fsp3) is 0.107. The smallest absolute Gasteiger partial charge is 0.277 e. The molecule has 9 heteroatoms. The van der Waals surface area contributed by atoms with E-state index in [2.05, 4.69) is 10.4 Å². The van der Waals surface area contributed by atoms with Crippen molar-refractivity contribution in [1.29, 1.82) is 5.26 Å². The number of benzene rings is 3. The number of phenolic OH excluding ortho intramolecular Hbond substituents is 1. The predicted molar refractivity (Wildman–Crippen MR) is 136 cm³/mol. The van der Waals surface area contributed by atoms with E-state index in [0.29, 0.717) is 34.6 Å². The van der Waals surface area contributed by atoms with Gasteiger partial charge in [0.05, 0.1) is 36.0 Å². The lowest BCUT2D eigenvalue weighted by Crippen LogP contribution is -2.47. The van der Waals surface area contributed by atoms with Gasteiger partial charge in [0.15, 0.2) is 5.78 Å². The average Bonchev–Trinajstić information content (AvgIpc) is 3.33. The Morgan fingerprint density at radius 2 is 1.73 bits per heavy atom. The molecule has 9 nitrogen and oxygen atoms in total. The molecule has 2 N–H and O–H groups in total. The van der Waals surface area contributed by atoms with Gasteiger partial charge in [-0.05, 0) is 73.7 Å². The summed E-state index contributed by atoms with van der Waals surface area (Å²) in [6.07, 6.45) is 1.37. The van der Waals surface area contributed by atoms with Gasteiger partial charge < -0.3 is 15.3 Å². The zero-order chi connectivity index (χ0) is 26.1. The number of ketones is 1. The Labute approximate surface area is 212 Å². The zero-order valence-corrected chi connectivity index (χ0v) is 19.8. The standard InChI is InChI=1S/C28H21N5O4/c1-17-16-32-25(24(15-30-32)27(36)31-21-4-2-3-18(13-21)14-29)28(37)33(17)22-9-5-19(6-10-22)26(35)20-7-11-23(34)12-8-20/h2-13,15,17,34H,16H2,1H3,(H,31,36). The van der Waals surface area contributed by atoms with Crippen LogP contribution >= 0.6 is 0 Å². The molecule has 3 aromatic carbocycles. The minimum atomic E-state index is -0.506. The van der Waals surface area contributed by atoms with Crippen LogP contribution in [0.25, 0.3) is 0 Å². The maximum Gasteiger partial charge on any atom is 0.277 e. The maximum atomic E-state index is 13.6. The summed E-state index contributed by atoms with van der Waals surface area (Å²) < 4.78 is 1.52. The Balaban J connectivity index is 1.40. The van der Waals surface area contributed by atoms with Gasteiger partial charge in [0, 0.05) is 22.5 Å². The topological polar surface area (TPSA) is 128 Å². The van der Waals surface area contributed by atoms with Crippen LogP contribution in [0.5, 0.6) is 5.75 Å². The third-order valence-corrected chi connectivity index (χ3v) is 6.17. The molecule has 0 bridgehead atoms. The van der Waals surface area contributed by atoms with E-state index in [1.165, 1.54) is 23.0 Å². The molecule has 1 aromatic heterocycles. The van der Waals surface area contributed by atoms with Crippen LogP contribution in [0.15, 0.2) is 79.0 Å². The summed E-state index contributed by atoms with van der Waals surface area (Å²) in [5, 5.41) is 25.5. The molecule has 0 fully saturated rings. The monoisotopic (exact) mass is 491 g/mol. The Kier molecular flexibility index (Phi) is 5.99. The van der Waals surface area contributed by atoms with Crippen LogP contribution in [0.1, 0.15) is 49.3 Å². The van der Waals surface area contributed by atoms with E-state index in [0.717, 1.165) is 0 Å². The van der Waals surface area contributed by atoms with Crippen molar-refractivity contribution >= 4 is 29.0 Å². The van der Waals surface area contributed by atoms with E-state index in [9.17, 15) is 19.5 Å². The molecule has 1 atom stereocenters. The van der Waals surface area contributed by atoms with Gasteiger partial charge in [-0.1, -0.05) is 6.07 Å². The van der Waals surface area contributed by atoms with Crippen molar-refractivity contribution in [2.45, 2.75) is 19.5 Å². The lowest BCUT2D eigenvalue weighted by atomic mass is 10.0. The lowest BCUT2D eigenvalue weighted by Gasteiger charge is -2.34. The van der Waals surface area contributed by atoms with Gasteiger partial charge in [-0.2, -0.15) is 10.4 Å². The molecular weight excluding hydrogens is 470 g/mol. The number of nitrogens with zero attached hydrogens (tertiary/aromatic N) is 4. The molecule has 0 saturated heterocycles. The first kappa shape index (κ1) is 23.5. The maximum absolute atomic E-state index is 13.6. The molecule has 2 amide bonds. The summed E-state index contributed by atoms with van der Waals surface area (Å²) in [4.78, 5) is 41.0. The SMILES string of the molecule is CC1Cn2ncc(C(=O)Nc3cccc(C#N)c3)c2C(=O)N1c1ccc(C(=O)c2ccc(O)cc2)cc1. The van der Waals surface area contributed by atoms with Crippen molar-refractivity contribution in [2.75, 3.05) is 10.2 Å². The van der Waals surface area contributed by atoms with E-state index >= 15 is 0 Å². The fourth-order valence-electron chi connectivity index (χ4n) is 4.35. The van der Waals surface area contributed by atoms with Crippen molar-refractivity contribution in [3.8, 4) is 11.8 Å². The molecule has 4 aromatic rings. The highest BCUT2D eigenvalue weighted by atomic mass is 16.3. The molecular formula is C28H21N5O4. The van der Waals surface area contributed by atoms with Gasteiger partial charge in [0.25, 0.3) is 11.8 Å². The quantitative estimate of drug-likeness (QED) is 0.406. The van der Waals surface area contributed by atoms with E-state index in [1.807, 2.05) is 13.0 Å². The van der Waals surface area contributed by atoms with E-state index in [4.69, 9.17) is 5.26 Å². The number of fused-ring (bicyclic) bond motifs is 1. The first-order valence-electron chi connectivity index (χ1n) is 11.5. The third-order valence-electron chi connectivity index (χ3n) is 6.17. The number of carbonyl (C=O) groups is 3. The highest BCUT2D eigenvalue weighted by Gasteiger charge is 2.35. The summed E-state index contributed by atoms with van der Waals surface area (Å²) in [6.45, 7) is 2.26. The van der Waals surface area contributed by atoms with E-state index in [-0.39, 0.29) is 34.7 Å². The number of aromatic nitrogens is 2. The number of carbonyl (C=O) groups excluding carboxylic acids is 3. The van der Waals surface area contributed by atoms with Crippen LogP contribution in [0.3, 0.4) is 0 Å². The van der Waals surface area contributed by atoms with Gasteiger partial charge >= 0.3 is 0 Å². The summed E-state index contributed by atoms with van der Waals surface area (Å²) in [6, 6.07) is 20.9. The third kappa shape index (κ3) is 4.44. The zero-order valence-electron chi connectivity index (χ0n) is 19.8. The molecule has 0 aliphatic carbocycles. The highest BCUT2D eigenvalue weighted by molar-refractivity contribution is 6.16. The molecule has 2 heterocycles. The summed E-state index contributed by atoms with van der Waals surface area (Å²) in [7, 11) is 0. The molecule has 1 unspecified atom stereocenters. The molecule has 1 aliphatic heterocycles. The molecule has 0 spiro atoms. The molecule has 1 aliphatic rings. The van der Waals surface area contributed by atoms with Crippen LogP contribution in [0, 0.1) is 11.3 Å². The fourth-order valence-corrected chi connectivity index (χ4v) is 4.35. The van der Waals surface area contributed by atoms with Crippen molar-refractivity contribution in [2.24, 2.45) is 0 Å². The van der Waals surface area contributed by atoms with Crippen LogP contribution in [-0.4, -0.2) is 38.5 Å². The number of amides is 2. The molecule has 0 radical (unpaired) electrons. The highest BCUT2D eigenvalue weighted by Crippen LogP contribution is 2.28. The number of nitrogens with one attached hydrogen (secondary N) is 1. The van der Waals surface area contributed by atoms with E-state index in [1.54, 1.807) is 65.6 Å². The Morgan fingerprint density at radius 1 is 1.05 bits per heavy atom. The Morgan fingerprint density at radius 3 is 2.41 bits per heavy atom. The van der Waals surface area contributed by atoms with Crippen LogP contribution < -0.4 is 10.2 Å². The van der Waals surface area contributed by atoms with Crippen LogP contribution in [-0.2, 0) is 6.54 Å². The molecule has 0 saturated carbocycles. The second-order valence-electron chi connectivity index (χ2n) is 8.68. The number of anilines is 2. The first-order valence-corrected chi connectivity index (χ1v) is 11.5. The molecule has 5 rings (SSSR count). The number of hydrogen-bond acceptors (Lipinski definition) is 6. The summed E-state index contributed by atoms with van der Waals surface area (Å²) >= 11 is 0. The normalized spacial score (nSPS) is 14.5. The van der Waals surface area contributed by atoms with Gasteiger partial charge in [0.2, 0.25) is 0 Å². The van der Waals surface area contributed by atoms with Crippen LogP contribution in [0.4, 0.5) is 11.4 Å². The van der Waals surface area contributed by atoms with Crippen LogP contribution in [0.2, 0.25) is 0 Å². The minimum Gasteiger partial charge on any atom is -0.508 e. The average molecular weight is 492 g/mol. The summed E-state index contributed by atoms with van der Waals surface area (Å²) in [5.74, 6) is -1.02. The lowest BCUT2D eigenvalue weighted by molar-refractivity contribution is 0.0933. The minimum absolute atomic E-state index is 0.0764. The molecule has 37 heavy (non-hydrogen) atoms. The second kappa shape index (κ2) is 9.43. The van der Waals surface area contributed by atoms with Crippen molar-refractivity contribution in [3.05, 3.63) is 107 Å². The Hall–Kier alpha value is -5.23. The van der Waals surface area contributed by atoms with Gasteiger partial charge in [0.1, 0.15) is 11.4 Å². The number of aromatic hydroxyl groups is 1. The predicted octanol–water partition coefficient (Wildman–Crippen LogP) is 3.99. The van der Waals surface area contributed by atoms with Gasteiger partial charge in [-0.25, -0.2) is 0 Å². The second-order valence-corrected chi connectivity index (χ2v) is 8.68.